The molecular formula is C15H22BrCl2FN2. The second-order valence-corrected chi connectivity index (χ2v) is 6.56. The summed E-state index contributed by atoms with van der Waals surface area (Å²) in [4.78, 5) is 2.44. The van der Waals surface area contributed by atoms with Crippen molar-refractivity contribution in [3.8, 4) is 0 Å². The lowest BCUT2D eigenvalue weighted by molar-refractivity contribution is 0.157. The molecule has 2 fully saturated rings. The van der Waals surface area contributed by atoms with Crippen molar-refractivity contribution in [1.82, 2.24) is 10.2 Å². The van der Waals surface area contributed by atoms with E-state index in [2.05, 4.69) is 26.1 Å². The number of piperazine rings is 1. The number of hydrogen-bond acceptors (Lipinski definition) is 2. The third-order valence-corrected chi connectivity index (χ3v) is 4.66. The summed E-state index contributed by atoms with van der Waals surface area (Å²) in [5.41, 5.74) is 0.864. The molecule has 0 unspecified atom stereocenters. The SMILES string of the molecule is Cl.Cl.Fc1ccc(Br)cc1[C@@H](CC1CC1)N1CCNCC1. The van der Waals surface area contributed by atoms with Crippen LogP contribution in [0.4, 0.5) is 4.39 Å². The van der Waals surface area contributed by atoms with Gasteiger partial charge in [-0.05, 0) is 30.5 Å². The lowest BCUT2D eigenvalue weighted by Crippen LogP contribution is -2.45. The Morgan fingerprint density at radius 1 is 1.24 bits per heavy atom. The van der Waals surface area contributed by atoms with Crippen LogP contribution in [0, 0.1) is 11.7 Å². The van der Waals surface area contributed by atoms with Gasteiger partial charge in [-0.2, -0.15) is 0 Å². The number of hydrogen-bond donors (Lipinski definition) is 1. The molecule has 1 saturated heterocycles. The third-order valence-electron chi connectivity index (χ3n) is 4.16. The Kier molecular flexibility index (Phi) is 7.93. The second kappa shape index (κ2) is 8.68. The van der Waals surface area contributed by atoms with E-state index in [4.69, 9.17) is 0 Å². The molecule has 1 atom stereocenters. The first-order valence-electron chi connectivity index (χ1n) is 7.14. The first kappa shape index (κ1) is 19.2. The van der Waals surface area contributed by atoms with Gasteiger partial charge in [-0.1, -0.05) is 28.8 Å². The van der Waals surface area contributed by atoms with Gasteiger partial charge < -0.3 is 5.32 Å². The Balaban J connectivity index is 0.00000110. The van der Waals surface area contributed by atoms with Gasteiger partial charge in [0.05, 0.1) is 0 Å². The van der Waals surface area contributed by atoms with Crippen LogP contribution in [0.2, 0.25) is 0 Å². The Labute approximate surface area is 146 Å². The molecule has 1 aromatic carbocycles. The lowest BCUT2D eigenvalue weighted by Gasteiger charge is -2.35. The summed E-state index contributed by atoms with van der Waals surface area (Å²) < 4.78 is 15.2. The molecule has 0 spiro atoms. The molecule has 3 rings (SSSR count). The summed E-state index contributed by atoms with van der Waals surface area (Å²) in [6.07, 6.45) is 3.74. The Bertz CT molecular complexity index is 451. The molecule has 0 aromatic heterocycles. The van der Waals surface area contributed by atoms with E-state index in [1.165, 1.54) is 12.8 Å². The standard InChI is InChI=1S/C15H20BrFN2.2ClH/c16-12-3-4-14(17)13(10-12)15(9-11-1-2-11)19-7-5-18-6-8-19;;/h3-4,10-11,15,18H,1-2,5-9H2;2*1H/t15-;;/m1../s1. The topological polar surface area (TPSA) is 15.3 Å². The summed E-state index contributed by atoms with van der Waals surface area (Å²) in [7, 11) is 0. The van der Waals surface area contributed by atoms with Gasteiger partial charge in [-0.25, -0.2) is 4.39 Å². The smallest absolute Gasteiger partial charge is 0.128 e. The van der Waals surface area contributed by atoms with Crippen LogP contribution in [0.1, 0.15) is 30.9 Å². The molecule has 1 aliphatic heterocycles. The number of nitrogens with zero attached hydrogens (tertiary/aromatic N) is 1. The normalized spacial score (nSPS) is 20.3. The van der Waals surface area contributed by atoms with Gasteiger partial charge >= 0.3 is 0 Å². The number of nitrogens with one attached hydrogen (secondary N) is 1. The molecule has 1 heterocycles. The largest absolute Gasteiger partial charge is 0.314 e. The van der Waals surface area contributed by atoms with E-state index in [1.54, 1.807) is 12.1 Å². The van der Waals surface area contributed by atoms with Gasteiger partial charge in [-0.15, -0.1) is 24.8 Å². The Hall–Kier alpha value is 0.130. The highest BCUT2D eigenvalue weighted by Gasteiger charge is 2.31. The van der Waals surface area contributed by atoms with Crippen molar-refractivity contribution in [3.05, 3.63) is 34.1 Å². The predicted molar refractivity (Wildman–Crippen MR) is 93.1 cm³/mol. The van der Waals surface area contributed by atoms with Gasteiger partial charge in [0, 0.05) is 42.3 Å². The molecule has 0 radical (unpaired) electrons. The number of benzene rings is 1. The summed E-state index contributed by atoms with van der Waals surface area (Å²) in [5, 5.41) is 3.37. The van der Waals surface area contributed by atoms with Gasteiger partial charge in [0.25, 0.3) is 0 Å². The number of rotatable bonds is 4. The zero-order valence-electron chi connectivity index (χ0n) is 11.9. The lowest BCUT2D eigenvalue weighted by atomic mass is 9.98. The summed E-state index contributed by atoms with van der Waals surface area (Å²) in [5.74, 6) is 0.741. The summed E-state index contributed by atoms with van der Waals surface area (Å²) in [6, 6.07) is 5.57. The van der Waals surface area contributed by atoms with E-state index >= 15 is 0 Å². The molecule has 6 heteroatoms. The summed E-state index contributed by atoms with van der Waals surface area (Å²) >= 11 is 3.47. The fourth-order valence-corrected chi connectivity index (χ4v) is 3.28. The molecular weight excluding hydrogens is 378 g/mol. The molecule has 2 aliphatic rings. The van der Waals surface area contributed by atoms with Crippen molar-refractivity contribution < 1.29 is 4.39 Å². The van der Waals surface area contributed by atoms with Gasteiger partial charge in [-0.3, -0.25) is 4.90 Å². The fraction of sp³-hybridized carbons (Fsp3) is 0.600. The summed E-state index contributed by atoms with van der Waals surface area (Å²) in [6.45, 7) is 4.06. The average Bonchev–Trinajstić information content (AvgIpc) is 3.24. The van der Waals surface area contributed by atoms with Crippen LogP contribution >= 0.6 is 40.7 Å². The van der Waals surface area contributed by atoms with Gasteiger partial charge in [0.2, 0.25) is 0 Å². The quantitative estimate of drug-likeness (QED) is 0.816. The molecule has 2 nitrogen and oxygen atoms in total. The minimum atomic E-state index is -0.0626. The molecule has 1 aliphatic carbocycles. The van der Waals surface area contributed by atoms with Crippen LogP contribution in [0.25, 0.3) is 0 Å². The molecule has 1 N–H and O–H groups in total. The zero-order chi connectivity index (χ0) is 13.2. The first-order chi connectivity index (χ1) is 9.24. The van der Waals surface area contributed by atoms with Crippen molar-refractivity contribution in [2.24, 2.45) is 5.92 Å². The van der Waals surface area contributed by atoms with E-state index in [0.717, 1.165) is 48.6 Å². The van der Waals surface area contributed by atoms with E-state index in [0.29, 0.717) is 0 Å². The monoisotopic (exact) mass is 398 g/mol. The van der Waals surface area contributed by atoms with E-state index in [-0.39, 0.29) is 36.7 Å². The van der Waals surface area contributed by atoms with Crippen LogP contribution in [-0.4, -0.2) is 31.1 Å². The highest BCUT2D eigenvalue weighted by molar-refractivity contribution is 9.10. The third kappa shape index (κ3) is 5.07. The Morgan fingerprint density at radius 3 is 2.52 bits per heavy atom. The van der Waals surface area contributed by atoms with E-state index in [1.807, 2.05) is 6.07 Å². The predicted octanol–water partition coefficient (Wildman–Crippen LogP) is 4.18. The highest BCUT2D eigenvalue weighted by Crippen LogP contribution is 2.41. The van der Waals surface area contributed by atoms with Crippen LogP contribution in [-0.2, 0) is 0 Å². The van der Waals surface area contributed by atoms with Crippen LogP contribution in [0.5, 0.6) is 0 Å². The highest BCUT2D eigenvalue weighted by atomic mass is 79.9. The fourth-order valence-electron chi connectivity index (χ4n) is 2.91. The van der Waals surface area contributed by atoms with Gasteiger partial charge in [0.1, 0.15) is 5.82 Å². The molecule has 21 heavy (non-hydrogen) atoms. The molecule has 1 aromatic rings. The van der Waals surface area contributed by atoms with Crippen molar-refractivity contribution in [3.63, 3.8) is 0 Å². The first-order valence-corrected chi connectivity index (χ1v) is 7.93. The minimum Gasteiger partial charge on any atom is -0.314 e. The maximum atomic E-state index is 14.2. The van der Waals surface area contributed by atoms with E-state index < -0.39 is 0 Å². The van der Waals surface area contributed by atoms with Crippen LogP contribution in [0.3, 0.4) is 0 Å². The van der Waals surface area contributed by atoms with Gasteiger partial charge in [0.15, 0.2) is 0 Å². The zero-order valence-corrected chi connectivity index (χ0v) is 15.1. The number of halogens is 4. The van der Waals surface area contributed by atoms with Crippen LogP contribution in [0.15, 0.2) is 22.7 Å². The molecule has 0 bridgehead atoms. The Morgan fingerprint density at radius 2 is 1.90 bits per heavy atom. The van der Waals surface area contributed by atoms with Crippen molar-refractivity contribution in [2.75, 3.05) is 26.2 Å². The second-order valence-electron chi connectivity index (χ2n) is 5.65. The maximum Gasteiger partial charge on any atom is 0.128 e. The minimum absolute atomic E-state index is 0. The van der Waals surface area contributed by atoms with Crippen molar-refractivity contribution in [2.45, 2.75) is 25.3 Å². The van der Waals surface area contributed by atoms with E-state index in [9.17, 15) is 4.39 Å². The van der Waals surface area contributed by atoms with Crippen LogP contribution < -0.4 is 5.32 Å². The molecule has 0 amide bonds. The van der Waals surface area contributed by atoms with Crippen molar-refractivity contribution in [1.29, 1.82) is 0 Å². The molecule has 120 valence electrons. The average molecular weight is 400 g/mol. The molecule has 1 saturated carbocycles. The maximum absolute atomic E-state index is 14.2. The van der Waals surface area contributed by atoms with Crippen molar-refractivity contribution >= 4 is 40.7 Å².